The molecule has 5 rings (SSSR count). The van der Waals surface area contributed by atoms with Crippen molar-refractivity contribution in [3.63, 3.8) is 0 Å². The number of piperazine rings is 1. The van der Waals surface area contributed by atoms with Gasteiger partial charge in [-0.1, -0.05) is 54.1 Å². The maximum atomic E-state index is 6.00. The van der Waals surface area contributed by atoms with Crippen molar-refractivity contribution in [2.45, 2.75) is 13.0 Å². The van der Waals surface area contributed by atoms with Gasteiger partial charge in [0.25, 0.3) is 0 Å². The van der Waals surface area contributed by atoms with Gasteiger partial charge in [-0.15, -0.1) is 0 Å². The smallest absolute Gasteiger partial charge is 0.163 e. The fourth-order valence-electron chi connectivity index (χ4n) is 4.13. The minimum Gasteiger partial charge on any atom is -0.353 e. The number of hydrogen-bond donors (Lipinski definition) is 0. The second kappa shape index (κ2) is 9.04. The first kappa shape index (κ1) is 20.0. The number of hydrogen-bond acceptors (Lipinski definition) is 5. The Labute approximate surface area is 187 Å². The Morgan fingerprint density at radius 3 is 2.39 bits per heavy atom. The molecule has 1 fully saturated rings. The molecule has 0 radical (unpaired) electrons. The zero-order valence-electron chi connectivity index (χ0n) is 17.4. The van der Waals surface area contributed by atoms with Crippen molar-refractivity contribution in [2.75, 3.05) is 37.6 Å². The first-order valence-electron chi connectivity index (χ1n) is 10.7. The largest absolute Gasteiger partial charge is 0.353 e. The van der Waals surface area contributed by atoms with Crippen LogP contribution in [0.25, 0.3) is 11.0 Å². The molecule has 1 aliphatic rings. The lowest BCUT2D eigenvalue weighted by Crippen LogP contribution is -2.47. The molecule has 7 heteroatoms. The Morgan fingerprint density at radius 1 is 0.839 bits per heavy atom. The van der Waals surface area contributed by atoms with E-state index in [2.05, 4.69) is 55.2 Å². The van der Waals surface area contributed by atoms with Crippen LogP contribution in [0.15, 0.2) is 67.1 Å². The van der Waals surface area contributed by atoms with Crippen LogP contribution < -0.4 is 4.90 Å². The van der Waals surface area contributed by atoms with Gasteiger partial charge in [-0.05, 0) is 29.7 Å². The molecule has 0 aliphatic carbocycles. The molecule has 1 saturated heterocycles. The quantitative estimate of drug-likeness (QED) is 0.462. The van der Waals surface area contributed by atoms with Crippen molar-refractivity contribution in [1.29, 1.82) is 0 Å². The SMILES string of the molecule is Clc1ccc(Cn2ncc3c(N4CCN(CCc5ccccc5)CC4)ncnc32)cc1. The highest BCUT2D eigenvalue weighted by Gasteiger charge is 2.21. The summed E-state index contributed by atoms with van der Waals surface area (Å²) < 4.78 is 1.93. The summed E-state index contributed by atoms with van der Waals surface area (Å²) in [5.41, 5.74) is 3.41. The minimum atomic E-state index is 0.657. The number of fused-ring (bicyclic) bond motifs is 1. The molecule has 2 aromatic heterocycles. The van der Waals surface area contributed by atoms with Gasteiger partial charge >= 0.3 is 0 Å². The molecule has 0 saturated carbocycles. The number of nitrogens with zero attached hydrogens (tertiary/aromatic N) is 6. The normalized spacial score (nSPS) is 14.9. The fraction of sp³-hybridized carbons (Fsp3) is 0.292. The predicted molar refractivity (Wildman–Crippen MR) is 125 cm³/mol. The van der Waals surface area contributed by atoms with Gasteiger partial charge in [0, 0.05) is 37.7 Å². The van der Waals surface area contributed by atoms with Crippen molar-refractivity contribution >= 4 is 28.5 Å². The van der Waals surface area contributed by atoms with E-state index >= 15 is 0 Å². The maximum absolute atomic E-state index is 6.00. The summed E-state index contributed by atoms with van der Waals surface area (Å²) in [5, 5.41) is 6.34. The summed E-state index contributed by atoms with van der Waals surface area (Å²) in [6.45, 7) is 5.75. The first-order valence-corrected chi connectivity index (χ1v) is 11.1. The van der Waals surface area contributed by atoms with Crippen molar-refractivity contribution in [1.82, 2.24) is 24.6 Å². The second-order valence-electron chi connectivity index (χ2n) is 7.93. The van der Waals surface area contributed by atoms with Gasteiger partial charge in [-0.25, -0.2) is 14.6 Å². The van der Waals surface area contributed by atoms with E-state index in [4.69, 9.17) is 11.6 Å². The standard InChI is InChI=1S/C24H25ClN6/c25-21-8-6-20(7-9-21)17-31-24-22(16-28-31)23(26-18-27-24)30-14-12-29(13-15-30)11-10-19-4-2-1-3-5-19/h1-9,16,18H,10-15,17H2. The third kappa shape index (κ3) is 4.55. The van der Waals surface area contributed by atoms with Crippen LogP contribution in [0.3, 0.4) is 0 Å². The Bertz CT molecular complexity index is 1130. The van der Waals surface area contributed by atoms with E-state index in [0.29, 0.717) is 6.54 Å². The van der Waals surface area contributed by atoms with Crippen LogP contribution in [0.4, 0.5) is 5.82 Å². The lowest BCUT2D eigenvalue weighted by Gasteiger charge is -2.35. The van der Waals surface area contributed by atoms with Crippen LogP contribution in [0.1, 0.15) is 11.1 Å². The molecule has 2 aromatic carbocycles. The minimum absolute atomic E-state index is 0.657. The Balaban J connectivity index is 1.25. The van der Waals surface area contributed by atoms with Crippen molar-refractivity contribution in [3.05, 3.63) is 83.3 Å². The maximum Gasteiger partial charge on any atom is 0.163 e. The summed E-state index contributed by atoms with van der Waals surface area (Å²) in [6, 6.07) is 18.6. The summed E-state index contributed by atoms with van der Waals surface area (Å²) in [5.74, 6) is 0.982. The van der Waals surface area contributed by atoms with E-state index in [1.807, 2.05) is 35.1 Å². The average Bonchev–Trinajstić information content (AvgIpc) is 3.23. The van der Waals surface area contributed by atoms with Crippen LogP contribution in [-0.4, -0.2) is 57.4 Å². The highest BCUT2D eigenvalue weighted by molar-refractivity contribution is 6.30. The molecule has 6 nitrogen and oxygen atoms in total. The molecule has 158 valence electrons. The number of halogens is 1. The highest BCUT2D eigenvalue weighted by atomic mass is 35.5. The summed E-state index contributed by atoms with van der Waals surface area (Å²) in [6.07, 6.45) is 4.64. The number of aromatic nitrogens is 4. The topological polar surface area (TPSA) is 50.1 Å². The van der Waals surface area contributed by atoms with Crippen molar-refractivity contribution in [2.24, 2.45) is 0 Å². The van der Waals surface area contributed by atoms with Crippen LogP contribution >= 0.6 is 11.6 Å². The van der Waals surface area contributed by atoms with Crippen LogP contribution in [0, 0.1) is 0 Å². The number of rotatable bonds is 6. The Morgan fingerprint density at radius 2 is 1.61 bits per heavy atom. The first-order chi connectivity index (χ1) is 15.3. The van der Waals surface area contributed by atoms with Gasteiger partial charge in [0.15, 0.2) is 5.65 Å². The highest BCUT2D eigenvalue weighted by Crippen LogP contribution is 2.24. The van der Waals surface area contributed by atoms with E-state index in [-0.39, 0.29) is 0 Å². The van der Waals surface area contributed by atoms with Gasteiger partial charge in [-0.2, -0.15) is 5.10 Å². The van der Waals surface area contributed by atoms with Gasteiger partial charge in [0.2, 0.25) is 0 Å². The van der Waals surface area contributed by atoms with Gasteiger partial charge in [-0.3, -0.25) is 4.90 Å². The molecular weight excluding hydrogens is 408 g/mol. The summed E-state index contributed by atoms with van der Waals surface area (Å²) in [4.78, 5) is 14.0. The van der Waals surface area contributed by atoms with E-state index in [1.165, 1.54) is 5.56 Å². The van der Waals surface area contributed by atoms with Crippen molar-refractivity contribution < 1.29 is 0 Å². The molecule has 0 amide bonds. The molecule has 0 N–H and O–H groups in total. The Hall–Kier alpha value is -2.96. The molecule has 0 unspecified atom stereocenters. The molecule has 1 aliphatic heterocycles. The summed E-state index contributed by atoms with van der Waals surface area (Å²) in [7, 11) is 0. The van der Waals surface area contributed by atoms with Crippen LogP contribution in [-0.2, 0) is 13.0 Å². The van der Waals surface area contributed by atoms with E-state index in [9.17, 15) is 0 Å². The number of benzene rings is 2. The Kier molecular flexibility index (Phi) is 5.82. The number of anilines is 1. The van der Waals surface area contributed by atoms with E-state index < -0.39 is 0 Å². The molecule has 0 spiro atoms. The third-order valence-electron chi connectivity index (χ3n) is 5.89. The average molecular weight is 433 g/mol. The second-order valence-corrected chi connectivity index (χ2v) is 8.36. The zero-order valence-corrected chi connectivity index (χ0v) is 18.1. The lowest BCUT2D eigenvalue weighted by atomic mass is 10.1. The molecule has 31 heavy (non-hydrogen) atoms. The van der Waals surface area contributed by atoms with E-state index in [0.717, 1.165) is 66.6 Å². The molecule has 0 atom stereocenters. The third-order valence-corrected chi connectivity index (χ3v) is 6.14. The monoisotopic (exact) mass is 432 g/mol. The fourth-order valence-corrected chi connectivity index (χ4v) is 4.25. The molecular formula is C24H25ClN6. The molecule has 4 aromatic rings. The van der Waals surface area contributed by atoms with E-state index in [1.54, 1.807) is 6.33 Å². The van der Waals surface area contributed by atoms with Gasteiger partial charge < -0.3 is 4.90 Å². The zero-order chi connectivity index (χ0) is 21.0. The predicted octanol–water partition coefficient (Wildman–Crippen LogP) is 3.89. The van der Waals surface area contributed by atoms with Gasteiger partial charge in [0.1, 0.15) is 12.1 Å². The van der Waals surface area contributed by atoms with Crippen molar-refractivity contribution in [3.8, 4) is 0 Å². The van der Waals surface area contributed by atoms with Gasteiger partial charge in [0.05, 0.1) is 18.1 Å². The molecule has 3 heterocycles. The summed E-state index contributed by atoms with van der Waals surface area (Å²) >= 11 is 6.00. The van der Waals surface area contributed by atoms with Crippen LogP contribution in [0.5, 0.6) is 0 Å². The van der Waals surface area contributed by atoms with Crippen LogP contribution in [0.2, 0.25) is 5.02 Å². The lowest BCUT2D eigenvalue weighted by molar-refractivity contribution is 0.260. The molecule has 0 bridgehead atoms.